The van der Waals surface area contributed by atoms with Gasteiger partial charge in [-0.1, -0.05) is 29.8 Å². The van der Waals surface area contributed by atoms with Crippen molar-refractivity contribution in [3.05, 3.63) is 59.1 Å². The predicted octanol–water partition coefficient (Wildman–Crippen LogP) is 3.63. The van der Waals surface area contributed by atoms with E-state index >= 15 is 0 Å². The Balaban J connectivity index is 1.88. The van der Waals surface area contributed by atoms with Gasteiger partial charge in [0.1, 0.15) is 11.5 Å². The molecule has 0 aliphatic carbocycles. The predicted molar refractivity (Wildman–Crippen MR) is 73.8 cm³/mol. The fourth-order valence-corrected chi connectivity index (χ4v) is 1.62. The fraction of sp³-hybridized carbons (Fsp3) is 0.133. The van der Waals surface area contributed by atoms with E-state index in [0.717, 1.165) is 5.56 Å². The molecule has 98 valence electrons. The molecule has 4 heteroatoms. The number of benzene rings is 2. The van der Waals surface area contributed by atoms with Gasteiger partial charge in [-0.25, -0.2) is 4.79 Å². The van der Waals surface area contributed by atoms with E-state index in [0.29, 0.717) is 16.5 Å². The number of para-hydroxylation sites is 1. The van der Waals surface area contributed by atoms with E-state index in [1.54, 1.807) is 42.5 Å². The van der Waals surface area contributed by atoms with Crippen molar-refractivity contribution in [2.24, 2.45) is 0 Å². The number of rotatable bonds is 4. The second kappa shape index (κ2) is 6.25. The molecule has 0 aromatic heterocycles. The Morgan fingerprint density at radius 1 is 1.11 bits per heavy atom. The van der Waals surface area contributed by atoms with E-state index in [2.05, 4.69) is 0 Å². The van der Waals surface area contributed by atoms with E-state index in [1.807, 2.05) is 13.0 Å². The summed E-state index contributed by atoms with van der Waals surface area (Å²) < 4.78 is 10.4. The zero-order valence-electron chi connectivity index (χ0n) is 10.4. The molecule has 0 amide bonds. The molecule has 0 aliphatic heterocycles. The van der Waals surface area contributed by atoms with Crippen LogP contribution < -0.4 is 9.47 Å². The van der Waals surface area contributed by atoms with Crippen molar-refractivity contribution in [1.82, 2.24) is 0 Å². The maximum Gasteiger partial charge on any atom is 0.349 e. The van der Waals surface area contributed by atoms with Crippen molar-refractivity contribution in [3.63, 3.8) is 0 Å². The third-order valence-corrected chi connectivity index (χ3v) is 2.89. The lowest BCUT2D eigenvalue weighted by molar-refractivity contribution is -0.136. The van der Waals surface area contributed by atoms with Crippen molar-refractivity contribution in [3.8, 4) is 11.5 Å². The lowest BCUT2D eigenvalue weighted by Gasteiger charge is -2.07. The Bertz CT molecular complexity index is 567. The molecule has 0 bridgehead atoms. The summed E-state index contributed by atoms with van der Waals surface area (Å²) in [6.45, 7) is 1.73. The summed E-state index contributed by atoms with van der Waals surface area (Å²) in [4.78, 5) is 11.6. The minimum absolute atomic E-state index is 0.143. The lowest BCUT2D eigenvalue weighted by atomic mass is 10.2. The van der Waals surface area contributed by atoms with Crippen LogP contribution in [0.2, 0.25) is 5.02 Å². The third-order valence-electron chi connectivity index (χ3n) is 2.46. The summed E-state index contributed by atoms with van der Waals surface area (Å²) >= 11 is 5.90. The van der Waals surface area contributed by atoms with Gasteiger partial charge in [0.2, 0.25) is 0 Å². The topological polar surface area (TPSA) is 35.5 Å². The maximum atomic E-state index is 11.6. The first kappa shape index (κ1) is 13.4. The average molecular weight is 277 g/mol. The van der Waals surface area contributed by atoms with Crippen LogP contribution in [0.1, 0.15) is 5.56 Å². The lowest BCUT2D eigenvalue weighted by Crippen LogP contribution is -2.17. The van der Waals surface area contributed by atoms with Crippen molar-refractivity contribution in [2.45, 2.75) is 6.92 Å². The highest BCUT2D eigenvalue weighted by Gasteiger charge is 2.06. The number of halogens is 1. The molecule has 0 radical (unpaired) electrons. The Hall–Kier alpha value is -2.00. The molecular formula is C15H13ClO3. The van der Waals surface area contributed by atoms with Crippen LogP contribution in [0.4, 0.5) is 0 Å². The molecule has 2 rings (SSSR count). The Labute approximate surface area is 116 Å². The second-order valence-electron chi connectivity index (χ2n) is 3.99. The van der Waals surface area contributed by atoms with Crippen molar-refractivity contribution in [1.29, 1.82) is 0 Å². The molecule has 0 heterocycles. The first-order valence-electron chi connectivity index (χ1n) is 5.80. The third kappa shape index (κ3) is 4.00. The van der Waals surface area contributed by atoms with Gasteiger partial charge in [0.15, 0.2) is 6.61 Å². The smallest absolute Gasteiger partial charge is 0.349 e. The normalized spacial score (nSPS) is 10.0. The number of hydrogen-bond acceptors (Lipinski definition) is 3. The average Bonchev–Trinajstić information content (AvgIpc) is 2.41. The second-order valence-corrected chi connectivity index (χ2v) is 4.39. The molecule has 0 saturated carbocycles. The molecule has 19 heavy (non-hydrogen) atoms. The maximum absolute atomic E-state index is 11.6. The minimum Gasteiger partial charge on any atom is -0.482 e. The van der Waals surface area contributed by atoms with Gasteiger partial charge >= 0.3 is 5.97 Å². The van der Waals surface area contributed by atoms with Crippen LogP contribution in [0.5, 0.6) is 11.5 Å². The van der Waals surface area contributed by atoms with Gasteiger partial charge < -0.3 is 9.47 Å². The van der Waals surface area contributed by atoms with E-state index in [4.69, 9.17) is 21.1 Å². The quantitative estimate of drug-likeness (QED) is 0.632. The first-order chi connectivity index (χ1) is 9.15. The van der Waals surface area contributed by atoms with Crippen molar-refractivity contribution in [2.75, 3.05) is 6.61 Å². The van der Waals surface area contributed by atoms with Gasteiger partial charge in [-0.3, -0.25) is 0 Å². The van der Waals surface area contributed by atoms with E-state index in [1.165, 1.54) is 0 Å². The molecule has 0 saturated heterocycles. The minimum atomic E-state index is -0.446. The molecule has 0 unspecified atom stereocenters. The van der Waals surface area contributed by atoms with Crippen LogP contribution in [0.3, 0.4) is 0 Å². The van der Waals surface area contributed by atoms with Crippen LogP contribution in [-0.4, -0.2) is 12.6 Å². The summed E-state index contributed by atoms with van der Waals surface area (Å²) in [5, 5.41) is 0.666. The van der Waals surface area contributed by atoms with Crippen LogP contribution in [-0.2, 0) is 4.79 Å². The standard InChI is InChI=1S/C15H13ClO3/c1-11-9-13(7-8-14(11)16)18-10-15(17)19-12-5-3-2-4-6-12/h2-9H,10H2,1H3. The summed E-state index contributed by atoms with van der Waals surface area (Å²) in [5.74, 6) is 0.647. The van der Waals surface area contributed by atoms with Gasteiger partial charge in [0, 0.05) is 5.02 Å². The van der Waals surface area contributed by atoms with Crippen molar-refractivity contribution >= 4 is 17.6 Å². The van der Waals surface area contributed by atoms with Crippen LogP contribution >= 0.6 is 11.6 Å². The zero-order valence-corrected chi connectivity index (χ0v) is 11.2. The fourth-order valence-electron chi connectivity index (χ4n) is 1.50. The highest BCUT2D eigenvalue weighted by Crippen LogP contribution is 2.21. The monoisotopic (exact) mass is 276 g/mol. The number of hydrogen-bond donors (Lipinski definition) is 0. The molecule has 2 aromatic carbocycles. The SMILES string of the molecule is Cc1cc(OCC(=O)Oc2ccccc2)ccc1Cl. The van der Waals surface area contributed by atoms with Gasteiger partial charge in [-0.15, -0.1) is 0 Å². The molecular weight excluding hydrogens is 264 g/mol. The Morgan fingerprint density at radius 3 is 2.53 bits per heavy atom. The largest absolute Gasteiger partial charge is 0.482 e. The van der Waals surface area contributed by atoms with Gasteiger partial charge in [-0.05, 0) is 42.8 Å². The number of aryl methyl sites for hydroxylation is 1. The Morgan fingerprint density at radius 2 is 1.84 bits per heavy atom. The van der Waals surface area contributed by atoms with E-state index in [9.17, 15) is 4.79 Å². The molecule has 0 spiro atoms. The summed E-state index contributed by atoms with van der Waals surface area (Å²) in [5.41, 5.74) is 0.899. The molecule has 3 nitrogen and oxygen atoms in total. The summed E-state index contributed by atoms with van der Waals surface area (Å²) in [7, 11) is 0. The van der Waals surface area contributed by atoms with E-state index < -0.39 is 5.97 Å². The van der Waals surface area contributed by atoms with Gasteiger partial charge in [-0.2, -0.15) is 0 Å². The number of ether oxygens (including phenoxy) is 2. The molecule has 0 aliphatic rings. The highest BCUT2D eigenvalue weighted by atomic mass is 35.5. The first-order valence-corrected chi connectivity index (χ1v) is 6.17. The molecule has 2 aromatic rings. The molecule has 0 fully saturated rings. The number of carbonyl (C=O) groups excluding carboxylic acids is 1. The summed E-state index contributed by atoms with van der Waals surface area (Å²) in [6, 6.07) is 14.1. The van der Waals surface area contributed by atoms with Crippen LogP contribution in [0, 0.1) is 6.92 Å². The van der Waals surface area contributed by atoms with Crippen molar-refractivity contribution < 1.29 is 14.3 Å². The van der Waals surface area contributed by atoms with Crippen LogP contribution in [0.25, 0.3) is 0 Å². The number of esters is 1. The molecule has 0 N–H and O–H groups in total. The van der Waals surface area contributed by atoms with E-state index in [-0.39, 0.29) is 6.61 Å². The summed E-state index contributed by atoms with van der Waals surface area (Å²) in [6.07, 6.45) is 0. The van der Waals surface area contributed by atoms with Crippen LogP contribution in [0.15, 0.2) is 48.5 Å². The zero-order chi connectivity index (χ0) is 13.7. The molecule has 0 atom stereocenters. The van der Waals surface area contributed by atoms with Gasteiger partial charge in [0.25, 0.3) is 0 Å². The highest BCUT2D eigenvalue weighted by molar-refractivity contribution is 6.31. The van der Waals surface area contributed by atoms with Gasteiger partial charge in [0.05, 0.1) is 0 Å². The Kier molecular flexibility index (Phi) is 4.42. The number of carbonyl (C=O) groups is 1.